The van der Waals surface area contributed by atoms with E-state index >= 15 is 0 Å². The number of carbonyl (C=O) groups excluding carboxylic acids is 4. The first-order valence-electron chi connectivity index (χ1n) is 11.9. The molecular formula is C24H20F3N5O9S2. The molecule has 0 spiro atoms. The van der Waals surface area contributed by atoms with Gasteiger partial charge in [0.1, 0.15) is 35.2 Å². The number of oxime groups is 1. The van der Waals surface area contributed by atoms with Crippen LogP contribution in [-0.2, 0) is 40.0 Å². The van der Waals surface area contributed by atoms with Gasteiger partial charge in [-0.1, -0.05) is 17.3 Å². The minimum atomic E-state index is -5.40. The van der Waals surface area contributed by atoms with Gasteiger partial charge in [0.25, 0.3) is 11.8 Å². The molecule has 4 rings (SSSR count). The number of hydrogen-bond acceptors (Lipinski definition) is 13. The summed E-state index contributed by atoms with van der Waals surface area (Å²) in [6.07, 6.45) is -5.34. The predicted octanol–water partition coefficient (Wildman–Crippen LogP) is 1.07. The smallest absolute Gasteiger partial charge is 0.489 e. The number of carboxylic acids is 1. The average Bonchev–Trinajstić information content (AvgIpc) is 3.39. The molecule has 2 atom stereocenters. The molecule has 0 aliphatic carbocycles. The Hall–Kier alpha value is -4.65. The second kappa shape index (κ2) is 12.7. The van der Waals surface area contributed by atoms with Crippen LogP contribution in [0.3, 0.4) is 0 Å². The fourth-order valence-corrected chi connectivity index (χ4v) is 5.73. The molecule has 1 unspecified atom stereocenters. The lowest BCUT2D eigenvalue weighted by Gasteiger charge is -2.49. The number of aliphatic carboxylic acids is 1. The van der Waals surface area contributed by atoms with E-state index in [4.69, 9.17) is 10.5 Å². The predicted molar refractivity (Wildman–Crippen MR) is 143 cm³/mol. The summed E-state index contributed by atoms with van der Waals surface area (Å²) in [6, 6.07) is 5.14. The third-order valence-corrected chi connectivity index (χ3v) is 7.89. The maximum absolute atomic E-state index is 13.0. The number of hydrogen-bond donors (Lipinski definition) is 3. The number of fused-ring (bicyclic) bond motifs is 1. The molecule has 0 radical (unpaired) electrons. The van der Waals surface area contributed by atoms with E-state index in [2.05, 4.69) is 25.0 Å². The Balaban J connectivity index is 1.46. The van der Waals surface area contributed by atoms with E-state index < -0.39 is 53.0 Å². The van der Waals surface area contributed by atoms with Crippen molar-refractivity contribution in [3.63, 3.8) is 0 Å². The maximum atomic E-state index is 13.0. The molecule has 2 aliphatic heterocycles. The van der Waals surface area contributed by atoms with E-state index in [-0.39, 0.29) is 40.9 Å². The number of carbonyl (C=O) groups is 5. The van der Waals surface area contributed by atoms with Crippen LogP contribution >= 0.6 is 23.1 Å². The number of thiazole rings is 1. The van der Waals surface area contributed by atoms with Gasteiger partial charge in [0.2, 0.25) is 0 Å². The monoisotopic (exact) mass is 643 g/mol. The molecule has 228 valence electrons. The molecule has 2 aromatic rings. The molecule has 1 saturated heterocycles. The zero-order valence-electron chi connectivity index (χ0n) is 21.7. The first kappa shape index (κ1) is 31.3. The van der Waals surface area contributed by atoms with Gasteiger partial charge < -0.3 is 30.5 Å². The van der Waals surface area contributed by atoms with Crippen molar-refractivity contribution < 1.29 is 56.6 Å². The molecule has 2 amide bonds. The van der Waals surface area contributed by atoms with Crippen LogP contribution < -0.4 is 15.8 Å². The van der Waals surface area contributed by atoms with Crippen LogP contribution in [0, 0.1) is 0 Å². The topological polar surface area (TPSA) is 200 Å². The first-order chi connectivity index (χ1) is 20.3. The van der Waals surface area contributed by atoms with Crippen molar-refractivity contribution in [2.75, 3.05) is 25.2 Å². The number of aromatic nitrogens is 1. The summed E-state index contributed by atoms with van der Waals surface area (Å²) in [4.78, 5) is 69.1. The van der Waals surface area contributed by atoms with Crippen LogP contribution in [0.4, 0.5) is 18.3 Å². The van der Waals surface area contributed by atoms with Gasteiger partial charge in [0.15, 0.2) is 10.8 Å². The number of nitrogens with two attached hydrogens (primary N) is 1. The number of alkyl halides is 3. The Labute approximate surface area is 247 Å². The van der Waals surface area contributed by atoms with Gasteiger partial charge in [0.05, 0.1) is 13.5 Å². The Morgan fingerprint density at radius 1 is 1.23 bits per heavy atom. The van der Waals surface area contributed by atoms with Crippen molar-refractivity contribution in [1.29, 1.82) is 0 Å². The zero-order valence-corrected chi connectivity index (χ0v) is 23.4. The second-order valence-corrected chi connectivity index (χ2v) is 10.7. The summed E-state index contributed by atoms with van der Waals surface area (Å²) >= 11 is 1.93. The van der Waals surface area contributed by atoms with Crippen LogP contribution in [0.25, 0.3) is 0 Å². The minimum absolute atomic E-state index is 0.0573. The molecule has 19 heteroatoms. The molecule has 14 nitrogen and oxygen atoms in total. The number of benzene rings is 1. The number of nitrogens with one attached hydrogen (secondary N) is 1. The van der Waals surface area contributed by atoms with E-state index in [1.54, 1.807) is 24.3 Å². The van der Waals surface area contributed by atoms with Crippen molar-refractivity contribution in [2.45, 2.75) is 24.0 Å². The largest absolute Gasteiger partial charge is 0.493 e. The van der Waals surface area contributed by atoms with Crippen molar-refractivity contribution in [2.24, 2.45) is 5.16 Å². The highest BCUT2D eigenvalue weighted by Crippen LogP contribution is 2.40. The number of anilines is 1. The van der Waals surface area contributed by atoms with Crippen LogP contribution in [0.15, 0.2) is 46.1 Å². The van der Waals surface area contributed by atoms with Crippen molar-refractivity contribution in [3.05, 3.63) is 52.2 Å². The normalized spacial score (nSPS) is 18.4. The van der Waals surface area contributed by atoms with Crippen LogP contribution in [0.5, 0.6) is 5.75 Å². The zero-order chi connectivity index (χ0) is 31.5. The summed E-state index contributed by atoms with van der Waals surface area (Å²) in [7, 11) is 1.27. The number of ether oxygens (including phenoxy) is 2. The molecule has 1 aromatic carbocycles. The van der Waals surface area contributed by atoms with E-state index in [0.29, 0.717) is 11.3 Å². The summed E-state index contributed by atoms with van der Waals surface area (Å²) in [5.41, 5.74) is 4.93. The van der Waals surface area contributed by atoms with Gasteiger partial charge in [0, 0.05) is 16.7 Å². The Kier molecular flexibility index (Phi) is 9.24. The number of amides is 2. The lowest BCUT2D eigenvalue weighted by atomic mass is 10.0. The number of rotatable bonds is 10. The van der Waals surface area contributed by atoms with Gasteiger partial charge in [-0.05, 0) is 17.7 Å². The fourth-order valence-electron chi connectivity index (χ4n) is 3.86. The number of nitrogens with zero attached hydrogens (tertiary/aromatic N) is 3. The van der Waals surface area contributed by atoms with Gasteiger partial charge >= 0.3 is 24.1 Å². The molecule has 1 fully saturated rings. The summed E-state index contributed by atoms with van der Waals surface area (Å²) < 4.78 is 48.0. The molecule has 2 aliphatic rings. The summed E-state index contributed by atoms with van der Waals surface area (Å²) in [5.74, 6) is -6.11. The molecule has 3 heterocycles. The van der Waals surface area contributed by atoms with Crippen molar-refractivity contribution in [3.8, 4) is 5.75 Å². The van der Waals surface area contributed by atoms with Crippen molar-refractivity contribution in [1.82, 2.24) is 15.2 Å². The third kappa shape index (κ3) is 7.05. The molecule has 43 heavy (non-hydrogen) atoms. The average molecular weight is 644 g/mol. The molecule has 0 bridgehead atoms. The number of methoxy groups -OCH3 is 1. The number of β-lactam (4-membered cyclic amide) rings is 1. The lowest BCUT2D eigenvalue weighted by Crippen LogP contribution is -2.71. The highest BCUT2D eigenvalue weighted by molar-refractivity contribution is 8.00. The van der Waals surface area contributed by atoms with Crippen LogP contribution in [-0.4, -0.2) is 87.5 Å². The highest BCUT2D eigenvalue weighted by Gasteiger charge is 2.54. The highest BCUT2D eigenvalue weighted by atomic mass is 32.2. The first-order valence-corrected chi connectivity index (χ1v) is 13.8. The standard InChI is InChI=1S/C24H20F3N5O9S2/c1-39-14(33)6-10-2-4-12(5-3-10)40-7-11-8-42-20-16(19(35)32(20)17(11)21(36)37)30-18(34)15(13-9-43-23(28)29-13)31-41-22(38)24(25,26)27/h2-5,9,16,20H,6-8H2,1H3,(H2,28,29)(H,30,34)(H,36,37)/t16?,20-/m0/s1. The maximum Gasteiger partial charge on any atom is 0.493 e. The fraction of sp³-hybridized carbons (Fsp3) is 0.292. The SMILES string of the molecule is COC(=O)Cc1ccc(OCC2=C(C(=O)O)N3C(=O)C(NC(=O)C(=NOC(=O)C(F)(F)F)c4csc(N)n4)[C@@H]3SC2)cc1. The van der Waals surface area contributed by atoms with Crippen LogP contribution in [0.2, 0.25) is 0 Å². The van der Waals surface area contributed by atoms with Gasteiger partial charge in [-0.3, -0.25) is 19.3 Å². The van der Waals surface area contributed by atoms with Crippen LogP contribution in [0.1, 0.15) is 11.3 Å². The molecular weight excluding hydrogens is 623 g/mol. The number of nitrogen functional groups attached to an aromatic ring is 1. The Morgan fingerprint density at radius 3 is 2.51 bits per heavy atom. The van der Waals surface area contributed by atoms with E-state index in [9.17, 15) is 42.3 Å². The summed E-state index contributed by atoms with van der Waals surface area (Å²) in [5, 5.41) is 15.3. The Bertz CT molecular complexity index is 1520. The van der Waals surface area contributed by atoms with E-state index in [0.717, 1.165) is 28.0 Å². The minimum Gasteiger partial charge on any atom is -0.489 e. The number of carboxylic acid groups (broad SMARTS) is 1. The Morgan fingerprint density at radius 2 is 1.93 bits per heavy atom. The number of halogens is 3. The number of esters is 1. The molecule has 0 saturated carbocycles. The molecule has 4 N–H and O–H groups in total. The third-order valence-electron chi connectivity index (χ3n) is 5.88. The van der Waals surface area contributed by atoms with Gasteiger partial charge in [-0.2, -0.15) is 13.2 Å². The number of thioether (sulfide) groups is 1. The van der Waals surface area contributed by atoms with Gasteiger partial charge in [-0.25, -0.2) is 14.6 Å². The quantitative estimate of drug-likeness (QED) is 0.110. The van der Waals surface area contributed by atoms with Gasteiger partial charge in [-0.15, -0.1) is 23.1 Å². The van der Waals surface area contributed by atoms with E-state index in [1.807, 2.05) is 0 Å². The second-order valence-electron chi connectivity index (χ2n) is 8.69. The lowest BCUT2D eigenvalue weighted by molar-refractivity contribution is -0.199. The molecule has 1 aromatic heterocycles. The van der Waals surface area contributed by atoms with E-state index in [1.165, 1.54) is 12.5 Å². The summed E-state index contributed by atoms with van der Waals surface area (Å²) in [6.45, 7) is -0.189. The van der Waals surface area contributed by atoms with Crippen molar-refractivity contribution >= 4 is 63.7 Å².